The number of nitrogens with one attached hydrogen (secondary N) is 1. The summed E-state index contributed by atoms with van der Waals surface area (Å²) in [5.41, 5.74) is 1.32. The second-order valence-electron chi connectivity index (χ2n) is 4.48. The lowest BCUT2D eigenvalue weighted by molar-refractivity contribution is -0.958. The second-order valence-corrected chi connectivity index (χ2v) is 4.48. The van der Waals surface area contributed by atoms with Gasteiger partial charge in [0.15, 0.2) is 11.5 Å². The molecule has 0 bridgehead atoms. The minimum absolute atomic E-state index is 0.804. The lowest BCUT2D eigenvalue weighted by atomic mass is 10.1. The molecule has 1 aliphatic rings. The van der Waals surface area contributed by atoms with Gasteiger partial charge in [0.25, 0.3) is 0 Å². The minimum atomic E-state index is 0.804. The van der Waals surface area contributed by atoms with Crippen LogP contribution in [-0.4, -0.2) is 40.4 Å². The van der Waals surface area contributed by atoms with Crippen LogP contribution in [0.2, 0.25) is 0 Å². The van der Waals surface area contributed by atoms with Crippen LogP contribution in [0.4, 0.5) is 0 Å². The van der Waals surface area contributed by atoms with Crippen molar-refractivity contribution in [2.45, 2.75) is 6.54 Å². The summed E-state index contributed by atoms with van der Waals surface area (Å²) < 4.78 is 10.6. The van der Waals surface area contributed by atoms with Crippen LogP contribution in [0.15, 0.2) is 18.2 Å². The normalized spacial score (nSPS) is 16.8. The van der Waals surface area contributed by atoms with Gasteiger partial charge in [-0.2, -0.15) is 0 Å². The molecule has 1 aromatic rings. The fourth-order valence-corrected chi connectivity index (χ4v) is 2.34. The van der Waals surface area contributed by atoms with Gasteiger partial charge in [0.1, 0.15) is 32.7 Å². The average molecular weight is 238 g/mol. The van der Waals surface area contributed by atoms with Gasteiger partial charge in [-0.1, -0.05) is 0 Å². The third kappa shape index (κ3) is 3.11. The zero-order valence-electron chi connectivity index (χ0n) is 10.7. The van der Waals surface area contributed by atoms with Crippen molar-refractivity contribution in [1.82, 2.24) is 0 Å². The van der Waals surface area contributed by atoms with E-state index in [1.54, 1.807) is 19.1 Å². The molecule has 1 saturated heterocycles. The van der Waals surface area contributed by atoms with Crippen molar-refractivity contribution >= 4 is 0 Å². The van der Waals surface area contributed by atoms with Crippen molar-refractivity contribution in [3.8, 4) is 11.5 Å². The van der Waals surface area contributed by atoms with Crippen molar-refractivity contribution in [2.24, 2.45) is 0 Å². The Morgan fingerprint density at radius 1 is 1.12 bits per heavy atom. The van der Waals surface area contributed by atoms with Crippen LogP contribution in [0, 0.1) is 0 Å². The quantitative estimate of drug-likeness (QED) is 0.682. The number of hydrogen-bond donors (Lipinski definition) is 2. The summed E-state index contributed by atoms with van der Waals surface area (Å²) in [5.74, 6) is 1.63. The minimum Gasteiger partial charge on any atom is -0.493 e. The number of quaternary nitrogens is 2. The van der Waals surface area contributed by atoms with Crippen molar-refractivity contribution in [3.63, 3.8) is 0 Å². The Balaban J connectivity index is 2.05. The SMILES string of the molecule is COc1ccc(C[NH+]2CC[NH2+]CC2)cc1OC. The maximum absolute atomic E-state index is 5.33. The molecular formula is C13H22N2O2+2. The number of piperazine rings is 1. The molecule has 0 aromatic heterocycles. The Morgan fingerprint density at radius 3 is 2.47 bits per heavy atom. The lowest BCUT2D eigenvalue weighted by Crippen LogP contribution is -3.19. The van der Waals surface area contributed by atoms with Crippen molar-refractivity contribution in [1.29, 1.82) is 0 Å². The molecule has 0 unspecified atom stereocenters. The highest BCUT2D eigenvalue weighted by Crippen LogP contribution is 2.27. The van der Waals surface area contributed by atoms with Gasteiger partial charge >= 0.3 is 0 Å². The van der Waals surface area contributed by atoms with Gasteiger partial charge in [0.2, 0.25) is 0 Å². The zero-order chi connectivity index (χ0) is 12.1. The van der Waals surface area contributed by atoms with Crippen LogP contribution in [-0.2, 0) is 6.54 Å². The van der Waals surface area contributed by atoms with E-state index < -0.39 is 0 Å². The smallest absolute Gasteiger partial charge is 0.161 e. The van der Waals surface area contributed by atoms with Gasteiger partial charge in [0.05, 0.1) is 14.2 Å². The number of methoxy groups -OCH3 is 2. The number of benzene rings is 1. The largest absolute Gasteiger partial charge is 0.493 e. The number of hydrogen-bond acceptors (Lipinski definition) is 2. The van der Waals surface area contributed by atoms with E-state index in [-0.39, 0.29) is 0 Å². The van der Waals surface area contributed by atoms with Crippen LogP contribution in [0.25, 0.3) is 0 Å². The molecule has 4 heteroatoms. The van der Waals surface area contributed by atoms with E-state index in [0.717, 1.165) is 18.0 Å². The highest BCUT2D eigenvalue weighted by Gasteiger charge is 2.16. The molecule has 94 valence electrons. The fourth-order valence-electron chi connectivity index (χ4n) is 2.34. The molecule has 0 radical (unpaired) electrons. The Bertz CT molecular complexity index is 362. The molecule has 1 heterocycles. The van der Waals surface area contributed by atoms with Crippen LogP contribution < -0.4 is 19.7 Å². The molecule has 17 heavy (non-hydrogen) atoms. The van der Waals surface area contributed by atoms with E-state index in [9.17, 15) is 0 Å². The van der Waals surface area contributed by atoms with Crippen LogP contribution in [0.3, 0.4) is 0 Å². The molecule has 4 nitrogen and oxygen atoms in total. The van der Waals surface area contributed by atoms with Crippen LogP contribution in [0.1, 0.15) is 5.56 Å². The zero-order valence-corrected chi connectivity index (χ0v) is 10.7. The predicted molar refractivity (Wildman–Crippen MR) is 65.6 cm³/mol. The summed E-state index contributed by atoms with van der Waals surface area (Å²) in [6.07, 6.45) is 0. The van der Waals surface area contributed by atoms with E-state index >= 15 is 0 Å². The van der Waals surface area contributed by atoms with Crippen molar-refractivity contribution in [3.05, 3.63) is 23.8 Å². The van der Waals surface area contributed by atoms with Gasteiger partial charge < -0.3 is 19.7 Å². The predicted octanol–water partition coefficient (Wildman–Crippen LogP) is -1.33. The lowest BCUT2D eigenvalue weighted by Gasteiger charge is -2.22. The molecule has 0 saturated carbocycles. The Labute approximate surface area is 103 Å². The molecule has 0 atom stereocenters. The first kappa shape index (κ1) is 12.2. The van der Waals surface area contributed by atoms with Gasteiger partial charge in [-0.15, -0.1) is 0 Å². The first-order valence-corrected chi connectivity index (χ1v) is 6.19. The van der Waals surface area contributed by atoms with Gasteiger partial charge in [-0.05, 0) is 18.2 Å². The summed E-state index contributed by atoms with van der Waals surface area (Å²) in [6, 6.07) is 6.21. The molecule has 0 amide bonds. The van der Waals surface area contributed by atoms with Gasteiger partial charge in [0, 0.05) is 5.56 Å². The average Bonchev–Trinajstić information content (AvgIpc) is 2.40. The molecule has 1 aliphatic heterocycles. The fraction of sp³-hybridized carbons (Fsp3) is 0.538. The summed E-state index contributed by atoms with van der Waals surface area (Å²) in [6.45, 7) is 6.04. The van der Waals surface area contributed by atoms with E-state index in [0.29, 0.717) is 0 Å². The Hall–Kier alpha value is -1.26. The highest BCUT2D eigenvalue weighted by molar-refractivity contribution is 5.42. The molecule has 2 rings (SSSR count). The van der Waals surface area contributed by atoms with Gasteiger partial charge in [-0.3, -0.25) is 0 Å². The van der Waals surface area contributed by atoms with Crippen LogP contribution >= 0.6 is 0 Å². The first-order valence-electron chi connectivity index (χ1n) is 6.19. The molecule has 0 aliphatic carbocycles. The standard InChI is InChI=1S/C13H20N2O2/c1-16-12-4-3-11(9-13(12)17-2)10-15-7-5-14-6-8-15/h3-4,9,14H,5-8,10H2,1-2H3/p+2. The van der Waals surface area contributed by atoms with E-state index in [2.05, 4.69) is 17.4 Å². The van der Waals surface area contributed by atoms with Gasteiger partial charge in [-0.25, -0.2) is 0 Å². The van der Waals surface area contributed by atoms with E-state index in [4.69, 9.17) is 9.47 Å². The molecule has 1 aromatic carbocycles. The molecule has 3 N–H and O–H groups in total. The summed E-state index contributed by atoms with van der Waals surface area (Å²) in [7, 11) is 3.35. The first-order chi connectivity index (χ1) is 8.33. The Kier molecular flexibility index (Phi) is 4.23. The van der Waals surface area contributed by atoms with E-state index in [1.807, 2.05) is 6.07 Å². The summed E-state index contributed by atoms with van der Waals surface area (Å²) >= 11 is 0. The van der Waals surface area contributed by atoms with E-state index in [1.165, 1.54) is 31.7 Å². The summed E-state index contributed by atoms with van der Waals surface area (Å²) in [4.78, 5) is 1.65. The number of rotatable bonds is 4. The maximum atomic E-state index is 5.33. The monoisotopic (exact) mass is 238 g/mol. The summed E-state index contributed by atoms with van der Waals surface area (Å²) in [5, 5.41) is 2.39. The maximum Gasteiger partial charge on any atom is 0.161 e. The molecular weight excluding hydrogens is 216 g/mol. The molecule has 0 spiro atoms. The second kappa shape index (κ2) is 5.89. The van der Waals surface area contributed by atoms with Crippen molar-refractivity contribution in [2.75, 3.05) is 40.4 Å². The third-order valence-electron chi connectivity index (χ3n) is 3.31. The third-order valence-corrected chi connectivity index (χ3v) is 3.31. The topological polar surface area (TPSA) is 39.5 Å². The van der Waals surface area contributed by atoms with Crippen LogP contribution in [0.5, 0.6) is 11.5 Å². The number of nitrogens with two attached hydrogens (primary N) is 1. The highest BCUT2D eigenvalue weighted by atomic mass is 16.5. The Morgan fingerprint density at radius 2 is 1.82 bits per heavy atom. The van der Waals surface area contributed by atoms with Crippen molar-refractivity contribution < 1.29 is 19.7 Å². The number of ether oxygens (including phenoxy) is 2. The molecule has 1 fully saturated rings.